The second kappa shape index (κ2) is 3.78. The molecule has 0 unspecified atom stereocenters. The fourth-order valence-electron chi connectivity index (χ4n) is 0.433. The smallest absolute Gasteiger partial charge is 0.0763 e. The summed E-state index contributed by atoms with van der Waals surface area (Å²) in [6.45, 7) is 8.47. The summed E-state index contributed by atoms with van der Waals surface area (Å²) in [5, 5.41) is 0. The topological polar surface area (TPSA) is 3.24 Å². The molecular weight excluding hydrogens is 134 g/mol. The Balaban J connectivity index is 4.26. The van der Waals surface area contributed by atoms with Gasteiger partial charge in [0.15, 0.2) is 0 Å². The molecule has 0 atom stereocenters. The summed E-state index contributed by atoms with van der Waals surface area (Å²) in [5.74, 6) is 6.88. The molecule has 0 saturated carbocycles. The molecule has 0 rings (SSSR count). The van der Waals surface area contributed by atoms with Crippen LogP contribution in [0.3, 0.4) is 0 Å². The van der Waals surface area contributed by atoms with E-state index < -0.39 is 0 Å². The van der Waals surface area contributed by atoms with Crippen molar-refractivity contribution in [2.75, 3.05) is 14.1 Å². The van der Waals surface area contributed by atoms with Crippen LogP contribution in [0, 0.1) is 17.8 Å². The molecule has 0 aliphatic heterocycles. The van der Waals surface area contributed by atoms with Gasteiger partial charge in [-0.25, -0.2) is 0 Å². The van der Waals surface area contributed by atoms with E-state index in [0.29, 0.717) is 5.92 Å². The van der Waals surface area contributed by atoms with Crippen molar-refractivity contribution in [3.8, 4) is 11.8 Å². The van der Waals surface area contributed by atoms with Crippen LogP contribution in [0.2, 0.25) is 0 Å². The van der Waals surface area contributed by atoms with Gasteiger partial charge in [-0.3, -0.25) is 4.90 Å². The minimum absolute atomic E-state index is 0.00424. The van der Waals surface area contributed by atoms with Crippen molar-refractivity contribution in [3.05, 3.63) is 0 Å². The van der Waals surface area contributed by atoms with E-state index in [-0.39, 0.29) is 5.54 Å². The molecule has 0 bridgehead atoms. The highest BCUT2D eigenvalue weighted by Gasteiger charge is 2.15. The number of nitrogens with zero attached hydrogens (tertiary/aromatic N) is 1. The average molecular weight is 153 g/mol. The molecule has 0 saturated heterocycles. The van der Waals surface area contributed by atoms with Gasteiger partial charge in [0.2, 0.25) is 0 Å². The first-order valence-electron chi connectivity index (χ1n) is 4.06. The first kappa shape index (κ1) is 10.5. The van der Waals surface area contributed by atoms with Crippen LogP contribution in [0.4, 0.5) is 0 Å². The Morgan fingerprint density at radius 3 is 1.91 bits per heavy atom. The molecule has 0 amide bonds. The van der Waals surface area contributed by atoms with Gasteiger partial charge in [-0.1, -0.05) is 25.7 Å². The fourth-order valence-corrected chi connectivity index (χ4v) is 0.433. The van der Waals surface area contributed by atoms with Crippen LogP contribution in [0.15, 0.2) is 0 Å². The Bertz CT molecular complexity index is 167. The summed E-state index contributed by atoms with van der Waals surface area (Å²) in [6.07, 6.45) is 0. The van der Waals surface area contributed by atoms with Gasteiger partial charge in [0.05, 0.1) is 5.54 Å². The van der Waals surface area contributed by atoms with Crippen LogP contribution < -0.4 is 0 Å². The molecule has 0 aliphatic rings. The van der Waals surface area contributed by atoms with Gasteiger partial charge in [-0.2, -0.15) is 0 Å². The fraction of sp³-hybridized carbons (Fsp3) is 0.800. The van der Waals surface area contributed by atoms with E-state index in [9.17, 15) is 0 Å². The van der Waals surface area contributed by atoms with Crippen molar-refractivity contribution in [2.45, 2.75) is 33.2 Å². The van der Waals surface area contributed by atoms with Crippen molar-refractivity contribution in [1.82, 2.24) is 4.90 Å². The maximum atomic E-state index is 3.23. The molecule has 0 aromatic heterocycles. The molecule has 0 N–H and O–H groups in total. The molecule has 0 fully saturated rings. The van der Waals surface area contributed by atoms with Gasteiger partial charge in [0, 0.05) is 5.92 Å². The second-order valence-electron chi connectivity index (χ2n) is 3.88. The van der Waals surface area contributed by atoms with E-state index in [1.807, 2.05) is 0 Å². The number of rotatable bonds is 1. The third-order valence-corrected chi connectivity index (χ3v) is 1.78. The molecule has 1 heteroatoms. The number of hydrogen-bond acceptors (Lipinski definition) is 1. The Morgan fingerprint density at radius 1 is 1.18 bits per heavy atom. The highest BCUT2D eigenvalue weighted by Crippen LogP contribution is 2.07. The largest absolute Gasteiger partial charge is 0.294 e. The first-order valence-corrected chi connectivity index (χ1v) is 4.06. The normalized spacial score (nSPS) is 11.6. The lowest BCUT2D eigenvalue weighted by Gasteiger charge is -2.26. The van der Waals surface area contributed by atoms with Gasteiger partial charge < -0.3 is 0 Å². The quantitative estimate of drug-likeness (QED) is 0.521. The van der Waals surface area contributed by atoms with Crippen LogP contribution in [0.25, 0.3) is 0 Å². The van der Waals surface area contributed by atoms with Gasteiger partial charge >= 0.3 is 0 Å². The zero-order valence-electron chi connectivity index (χ0n) is 8.52. The lowest BCUT2D eigenvalue weighted by molar-refractivity contribution is 0.263. The zero-order valence-corrected chi connectivity index (χ0v) is 8.52. The minimum atomic E-state index is 0.00424. The minimum Gasteiger partial charge on any atom is -0.294 e. The molecule has 0 heterocycles. The van der Waals surface area contributed by atoms with Gasteiger partial charge in [0.1, 0.15) is 0 Å². The summed E-state index contributed by atoms with van der Waals surface area (Å²) in [6, 6.07) is 0. The highest BCUT2D eigenvalue weighted by molar-refractivity contribution is 5.15. The molecule has 64 valence electrons. The van der Waals surface area contributed by atoms with E-state index in [2.05, 4.69) is 58.5 Å². The van der Waals surface area contributed by atoms with Gasteiger partial charge in [-0.05, 0) is 27.9 Å². The summed E-state index contributed by atoms with van der Waals surface area (Å²) < 4.78 is 0. The standard InChI is InChI=1S/C10H19N/c1-9(2)7-8-10(3,4)11(5)6/h9H,1-6H3. The lowest BCUT2D eigenvalue weighted by Crippen LogP contribution is -2.36. The van der Waals surface area contributed by atoms with Crippen LogP contribution in [0.1, 0.15) is 27.7 Å². The zero-order chi connectivity index (χ0) is 9.07. The molecule has 0 aliphatic carbocycles. The van der Waals surface area contributed by atoms with Crippen molar-refractivity contribution < 1.29 is 0 Å². The maximum Gasteiger partial charge on any atom is 0.0763 e. The van der Waals surface area contributed by atoms with E-state index >= 15 is 0 Å². The Hall–Kier alpha value is -0.480. The Kier molecular flexibility index (Phi) is 3.62. The summed E-state index contributed by atoms with van der Waals surface area (Å²) >= 11 is 0. The van der Waals surface area contributed by atoms with Gasteiger partial charge in [0.25, 0.3) is 0 Å². The van der Waals surface area contributed by atoms with Gasteiger partial charge in [-0.15, -0.1) is 0 Å². The Labute approximate surface area is 70.8 Å². The van der Waals surface area contributed by atoms with Crippen LogP contribution >= 0.6 is 0 Å². The van der Waals surface area contributed by atoms with E-state index in [4.69, 9.17) is 0 Å². The third-order valence-electron chi connectivity index (χ3n) is 1.78. The molecule has 11 heavy (non-hydrogen) atoms. The van der Waals surface area contributed by atoms with Crippen LogP contribution in [0.5, 0.6) is 0 Å². The molecule has 0 aromatic carbocycles. The highest BCUT2D eigenvalue weighted by atomic mass is 15.1. The van der Waals surface area contributed by atoms with Crippen molar-refractivity contribution in [2.24, 2.45) is 5.92 Å². The summed E-state index contributed by atoms with van der Waals surface area (Å²) in [5.41, 5.74) is 0.00424. The van der Waals surface area contributed by atoms with Crippen molar-refractivity contribution in [1.29, 1.82) is 0 Å². The monoisotopic (exact) mass is 153 g/mol. The SMILES string of the molecule is CC(C)C#CC(C)(C)N(C)C. The predicted octanol–water partition coefficient (Wildman–Crippen LogP) is 1.99. The number of hydrogen-bond donors (Lipinski definition) is 0. The second-order valence-corrected chi connectivity index (χ2v) is 3.88. The molecule has 0 spiro atoms. The lowest BCUT2D eigenvalue weighted by atomic mass is 10.0. The van der Waals surface area contributed by atoms with Crippen LogP contribution in [-0.2, 0) is 0 Å². The third kappa shape index (κ3) is 4.06. The first-order chi connectivity index (χ1) is 4.86. The van der Waals surface area contributed by atoms with E-state index in [0.717, 1.165) is 0 Å². The molecular formula is C10H19N. The molecule has 0 radical (unpaired) electrons. The van der Waals surface area contributed by atoms with E-state index in [1.54, 1.807) is 0 Å². The van der Waals surface area contributed by atoms with E-state index in [1.165, 1.54) is 0 Å². The molecule has 0 aromatic rings. The predicted molar refractivity (Wildman–Crippen MR) is 50.4 cm³/mol. The van der Waals surface area contributed by atoms with Crippen molar-refractivity contribution in [3.63, 3.8) is 0 Å². The summed E-state index contributed by atoms with van der Waals surface area (Å²) in [7, 11) is 4.10. The maximum absolute atomic E-state index is 3.23. The Morgan fingerprint density at radius 2 is 1.64 bits per heavy atom. The van der Waals surface area contributed by atoms with Crippen LogP contribution in [-0.4, -0.2) is 24.5 Å². The average Bonchev–Trinajstić information content (AvgIpc) is 1.84. The van der Waals surface area contributed by atoms with Crippen molar-refractivity contribution >= 4 is 0 Å². The summed E-state index contributed by atoms with van der Waals surface area (Å²) in [4.78, 5) is 2.13. The molecule has 1 nitrogen and oxygen atoms in total.